The molecular weight excluding hydrogens is 556 g/mol. The molecule has 46 heavy (non-hydrogen) atoms. The Morgan fingerprint density at radius 1 is 1.00 bits per heavy atom. The summed E-state index contributed by atoms with van der Waals surface area (Å²) >= 11 is 0. The summed E-state index contributed by atoms with van der Waals surface area (Å²) in [5, 5.41) is 8.85. The van der Waals surface area contributed by atoms with Gasteiger partial charge in [0, 0.05) is 17.3 Å². The number of benzene rings is 2. The molecule has 2 aromatic carbocycles. The van der Waals surface area contributed by atoms with Gasteiger partial charge in [-0.15, -0.1) is 0 Å². The molecule has 1 atom stereocenters. The zero-order valence-electron chi connectivity index (χ0n) is 30.6. The van der Waals surface area contributed by atoms with Crippen LogP contribution in [0.3, 0.4) is 0 Å². The molecule has 0 radical (unpaired) electrons. The van der Waals surface area contributed by atoms with E-state index >= 15 is 0 Å². The molecule has 0 amide bonds. The number of nitrogens with zero attached hydrogens (tertiary/aromatic N) is 2. The minimum atomic E-state index is 0.0365. The highest BCUT2D eigenvalue weighted by atomic mass is 14.7. The third-order valence-electron chi connectivity index (χ3n) is 9.01. The molecule has 1 aliphatic rings. The van der Waals surface area contributed by atoms with Crippen LogP contribution in [0.15, 0.2) is 121 Å². The van der Waals surface area contributed by atoms with Crippen molar-refractivity contribution in [3.8, 4) is 6.07 Å². The number of hydrogen-bond donors (Lipinski definition) is 0. The van der Waals surface area contributed by atoms with E-state index in [2.05, 4.69) is 97.2 Å². The molecule has 2 aromatic rings. The van der Waals surface area contributed by atoms with Crippen LogP contribution in [0.25, 0.3) is 5.57 Å². The largest absolute Gasteiger partial charge is 0.261 e. The highest BCUT2D eigenvalue weighted by molar-refractivity contribution is 6.01. The average molecular weight is 615 g/mol. The van der Waals surface area contributed by atoms with Crippen molar-refractivity contribution in [2.75, 3.05) is 0 Å². The van der Waals surface area contributed by atoms with E-state index in [-0.39, 0.29) is 10.8 Å². The lowest BCUT2D eigenvalue weighted by atomic mass is 9.71. The van der Waals surface area contributed by atoms with Crippen molar-refractivity contribution in [2.24, 2.45) is 4.99 Å². The van der Waals surface area contributed by atoms with Crippen molar-refractivity contribution in [3.05, 3.63) is 149 Å². The first kappa shape index (κ1) is 39.8. The van der Waals surface area contributed by atoms with Crippen LogP contribution in [0.1, 0.15) is 122 Å². The van der Waals surface area contributed by atoms with E-state index in [1.54, 1.807) is 6.08 Å². The van der Waals surface area contributed by atoms with Gasteiger partial charge in [0.05, 0.1) is 11.6 Å². The van der Waals surface area contributed by atoms with Crippen LogP contribution in [-0.4, -0.2) is 5.71 Å². The molecule has 2 heteroatoms. The van der Waals surface area contributed by atoms with E-state index in [1.165, 1.54) is 27.8 Å². The van der Waals surface area contributed by atoms with E-state index in [0.717, 1.165) is 41.7 Å². The maximum Gasteiger partial charge on any atom is 0.0991 e. The molecule has 0 fully saturated rings. The molecular formula is C44H58N2. The molecule has 0 bridgehead atoms. The Labute approximate surface area is 282 Å². The SMILES string of the molecule is C=C/C(C)=C\N=C(C)c1cc(C2(C)C=CC(C)=CC2)ccc1C(C)(CC)CC.C=C/C=C\C=C(/C)c1cc(C#N)ccc1C.CC. The molecule has 1 unspecified atom stereocenters. The third kappa shape index (κ3) is 11.0. The predicted molar refractivity (Wildman–Crippen MR) is 206 cm³/mol. The van der Waals surface area contributed by atoms with Crippen LogP contribution in [0.2, 0.25) is 0 Å². The summed E-state index contributed by atoms with van der Waals surface area (Å²) in [6.07, 6.45) is 21.6. The fraction of sp³-hybridized carbons (Fsp3) is 0.364. The molecule has 0 saturated heterocycles. The van der Waals surface area contributed by atoms with Crippen LogP contribution in [0.4, 0.5) is 0 Å². The number of rotatable bonds is 10. The van der Waals surface area contributed by atoms with Crippen molar-refractivity contribution in [1.82, 2.24) is 0 Å². The molecule has 3 rings (SSSR count). The van der Waals surface area contributed by atoms with Gasteiger partial charge < -0.3 is 0 Å². The van der Waals surface area contributed by atoms with Crippen LogP contribution >= 0.6 is 0 Å². The summed E-state index contributed by atoms with van der Waals surface area (Å²) in [7, 11) is 0. The molecule has 2 nitrogen and oxygen atoms in total. The number of aliphatic imine (C=N–C) groups is 1. The van der Waals surface area contributed by atoms with Gasteiger partial charge in [0.2, 0.25) is 0 Å². The topological polar surface area (TPSA) is 36.1 Å². The van der Waals surface area contributed by atoms with Gasteiger partial charge in [-0.2, -0.15) is 5.26 Å². The standard InChI is InChI=1S/C27H37N.C15H15N.C2H6/c1-9-20(4)19-28-22(6)24-18-23(27(8)16-14-21(5)15-17-27)12-13-25(24)26(7,10-2)11-3;1-4-5-6-7-12(2)15-10-14(11-16)9-8-13(15)3;1-2/h9,12-16,18-19H,1,10-11,17H2,2-8H3;4-10H,1H2,2-3H3;1-2H3/b20-19-,28-22?;6-5-,12-7+;. The van der Waals surface area contributed by atoms with Crippen LogP contribution in [-0.2, 0) is 10.8 Å². The lowest BCUT2D eigenvalue weighted by Crippen LogP contribution is -2.25. The van der Waals surface area contributed by atoms with Crippen molar-refractivity contribution in [3.63, 3.8) is 0 Å². The van der Waals surface area contributed by atoms with Gasteiger partial charge in [0.15, 0.2) is 0 Å². The van der Waals surface area contributed by atoms with Crippen molar-refractivity contribution in [2.45, 2.75) is 106 Å². The molecule has 0 N–H and O–H groups in total. The molecule has 0 spiro atoms. The fourth-order valence-corrected chi connectivity index (χ4v) is 5.20. The Hall–Kier alpha value is -4.22. The third-order valence-corrected chi connectivity index (χ3v) is 9.01. The highest BCUT2D eigenvalue weighted by Crippen LogP contribution is 2.39. The summed E-state index contributed by atoms with van der Waals surface area (Å²) in [6, 6.07) is 15.0. The number of nitriles is 1. The second kappa shape index (κ2) is 19.3. The average Bonchev–Trinajstić information content (AvgIpc) is 3.09. The Morgan fingerprint density at radius 2 is 1.67 bits per heavy atom. The second-order valence-electron chi connectivity index (χ2n) is 12.3. The summed E-state index contributed by atoms with van der Waals surface area (Å²) < 4.78 is 0. The van der Waals surface area contributed by atoms with Crippen LogP contribution in [0.5, 0.6) is 0 Å². The maximum atomic E-state index is 8.85. The van der Waals surface area contributed by atoms with E-state index in [1.807, 2.05) is 83.3 Å². The predicted octanol–water partition coefficient (Wildman–Crippen LogP) is 12.9. The van der Waals surface area contributed by atoms with Crippen molar-refractivity contribution in [1.29, 1.82) is 5.26 Å². The number of allylic oxidation sites excluding steroid dienone is 11. The first-order chi connectivity index (χ1) is 21.9. The molecule has 1 aliphatic carbocycles. The molecule has 0 aromatic heterocycles. The molecule has 0 heterocycles. The minimum absolute atomic E-state index is 0.0365. The van der Waals surface area contributed by atoms with Gasteiger partial charge in [-0.25, -0.2) is 0 Å². The zero-order valence-corrected chi connectivity index (χ0v) is 30.6. The molecule has 0 saturated carbocycles. The molecule has 0 aliphatic heterocycles. The lowest BCUT2D eigenvalue weighted by molar-refractivity contribution is 0.438. The first-order valence-corrected chi connectivity index (χ1v) is 16.7. The molecule has 244 valence electrons. The van der Waals surface area contributed by atoms with Gasteiger partial charge in [-0.05, 0) is 116 Å². The normalized spacial score (nSPS) is 16.8. The highest BCUT2D eigenvalue weighted by Gasteiger charge is 2.30. The van der Waals surface area contributed by atoms with Gasteiger partial charge in [0.25, 0.3) is 0 Å². The number of aryl methyl sites for hydroxylation is 1. The van der Waals surface area contributed by atoms with Crippen molar-refractivity contribution < 1.29 is 0 Å². The summed E-state index contributed by atoms with van der Waals surface area (Å²) in [6.45, 7) is 31.1. The van der Waals surface area contributed by atoms with Gasteiger partial charge in [-0.1, -0.05) is 127 Å². The van der Waals surface area contributed by atoms with Crippen molar-refractivity contribution >= 4 is 11.3 Å². The number of hydrogen-bond acceptors (Lipinski definition) is 2. The fourth-order valence-electron chi connectivity index (χ4n) is 5.20. The van der Waals surface area contributed by atoms with E-state index in [0.29, 0.717) is 5.56 Å². The van der Waals surface area contributed by atoms with E-state index in [9.17, 15) is 0 Å². The second-order valence-corrected chi connectivity index (χ2v) is 12.3. The van der Waals surface area contributed by atoms with Gasteiger partial charge in [0.1, 0.15) is 0 Å². The van der Waals surface area contributed by atoms with Gasteiger partial charge in [-0.3, -0.25) is 4.99 Å². The smallest absolute Gasteiger partial charge is 0.0991 e. The quantitative estimate of drug-likeness (QED) is 0.194. The summed E-state index contributed by atoms with van der Waals surface area (Å²) in [5.74, 6) is 0. The summed E-state index contributed by atoms with van der Waals surface area (Å²) in [5.41, 5.74) is 11.9. The Morgan fingerprint density at radius 3 is 2.22 bits per heavy atom. The maximum absolute atomic E-state index is 8.85. The Kier molecular flexibility index (Phi) is 16.7. The van der Waals surface area contributed by atoms with Crippen LogP contribution < -0.4 is 0 Å². The minimum Gasteiger partial charge on any atom is -0.261 e. The van der Waals surface area contributed by atoms with Gasteiger partial charge >= 0.3 is 0 Å². The monoisotopic (exact) mass is 614 g/mol. The van der Waals surface area contributed by atoms with E-state index < -0.39 is 0 Å². The Bertz CT molecular complexity index is 1560. The van der Waals surface area contributed by atoms with Crippen LogP contribution in [0, 0.1) is 18.3 Å². The van der Waals surface area contributed by atoms with E-state index in [4.69, 9.17) is 10.3 Å². The first-order valence-electron chi connectivity index (χ1n) is 16.7. The zero-order chi connectivity index (χ0) is 34.9. The summed E-state index contributed by atoms with van der Waals surface area (Å²) in [4.78, 5) is 4.78. The Balaban J connectivity index is 0.000000498. The lowest BCUT2D eigenvalue weighted by Gasteiger charge is -2.33.